The molecule has 0 unspecified atom stereocenters. The number of nitrogens with zero attached hydrogens (tertiary/aromatic N) is 2. The van der Waals surface area contributed by atoms with E-state index < -0.39 is 23.1 Å². The Morgan fingerprint density at radius 2 is 1.75 bits per heavy atom. The number of anilines is 1. The van der Waals surface area contributed by atoms with Crippen LogP contribution in [0.5, 0.6) is 0 Å². The van der Waals surface area contributed by atoms with Crippen LogP contribution in [0.25, 0.3) is 5.69 Å². The number of rotatable bonds is 1. The van der Waals surface area contributed by atoms with Crippen molar-refractivity contribution >= 4 is 5.82 Å². The first-order chi connectivity index (χ1) is 7.49. The van der Waals surface area contributed by atoms with E-state index in [0.717, 1.165) is 4.68 Å². The predicted molar refractivity (Wildman–Crippen MR) is 52.6 cm³/mol. The Morgan fingerprint density at radius 3 is 2.19 bits per heavy atom. The molecule has 84 valence electrons. The predicted octanol–water partition coefficient (Wildman–Crippen LogP) is 2.18. The second kappa shape index (κ2) is 3.55. The van der Waals surface area contributed by atoms with Gasteiger partial charge in [0.05, 0.1) is 0 Å². The summed E-state index contributed by atoms with van der Waals surface area (Å²) in [6.07, 6.45) is 1.37. The molecular weight excluding hydrogens is 219 g/mol. The lowest BCUT2D eigenvalue weighted by Gasteiger charge is -2.04. The first-order valence-electron chi connectivity index (χ1n) is 4.45. The zero-order valence-electron chi connectivity index (χ0n) is 8.34. The SMILES string of the molecule is Cc1cn(-c2c(F)cc(F)cc2F)nc1N. The summed E-state index contributed by atoms with van der Waals surface area (Å²) in [7, 11) is 0. The molecule has 2 rings (SSSR count). The van der Waals surface area contributed by atoms with Gasteiger partial charge < -0.3 is 5.73 Å². The molecule has 0 aliphatic rings. The van der Waals surface area contributed by atoms with Gasteiger partial charge in [0.1, 0.15) is 17.3 Å². The molecule has 0 amide bonds. The van der Waals surface area contributed by atoms with Crippen molar-refractivity contribution in [1.82, 2.24) is 9.78 Å². The normalized spacial score (nSPS) is 10.8. The largest absolute Gasteiger partial charge is 0.382 e. The molecule has 0 aliphatic heterocycles. The van der Waals surface area contributed by atoms with E-state index in [1.54, 1.807) is 6.92 Å². The minimum atomic E-state index is -1.03. The highest BCUT2D eigenvalue weighted by molar-refractivity contribution is 5.42. The molecule has 0 saturated heterocycles. The van der Waals surface area contributed by atoms with E-state index in [1.807, 2.05) is 0 Å². The molecule has 0 aliphatic carbocycles. The van der Waals surface area contributed by atoms with Crippen LogP contribution in [0.15, 0.2) is 18.3 Å². The Bertz CT molecular complexity index is 506. The Kier molecular flexibility index (Phi) is 2.34. The third-order valence-corrected chi connectivity index (χ3v) is 2.15. The van der Waals surface area contributed by atoms with Crippen LogP contribution in [0.2, 0.25) is 0 Å². The Balaban J connectivity index is 2.64. The highest BCUT2D eigenvalue weighted by Crippen LogP contribution is 2.20. The van der Waals surface area contributed by atoms with Gasteiger partial charge in [-0.05, 0) is 6.92 Å². The Hall–Kier alpha value is -1.98. The average Bonchev–Trinajstić information content (AvgIpc) is 2.44. The third kappa shape index (κ3) is 1.62. The van der Waals surface area contributed by atoms with Gasteiger partial charge in [0, 0.05) is 23.9 Å². The fourth-order valence-electron chi connectivity index (χ4n) is 1.34. The summed E-state index contributed by atoms with van der Waals surface area (Å²) < 4.78 is 40.3. The molecule has 0 radical (unpaired) electrons. The molecule has 2 N–H and O–H groups in total. The molecule has 1 aromatic carbocycles. The van der Waals surface area contributed by atoms with Crippen LogP contribution >= 0.6 is 0 Å². The lowest BCUT2D eigenvalue weighted by atomic mass is 10.3. The number of nitrogen functional groups attached to an aromatic ring is 1. The van der Waals surface area contributed by atoms with E-state index in [9.17, 15) is 13.2 Å². The van der Waals surface area contributed by atoms with Crippen LogP contribution in [0.4, 0.5) is 19.0 Å². The van der Waals surface area contributed by atoms with Crippen molar-refractivity contribution in [2.24, 2.45) is 0 Å². The summed E-state index contributed by atoms with van der Waals surface area (Å²) in [5.74, 6) is -2.86. The topological polar surface area (TPSA) is 43.8 Å². The van der Waals surface area contributed by atoms with Gasteiger partial charge in [-0.15, -0.1) is 0 Å². The second-order valence-electron chi connectivity index (χ2n) is 3.36. The summed E-state index contributed by atoms with van der Waals surface area (Å²) in [4.78, 5) is 0. The molecule has 0 atom stereocenters. The monoisotopic (exact) mass is 227 g/mol. The van der Waals surface area contributed by atoms with Gasteiger partial charge in [0.25, 0.3) is 0 Å². The van der Waals surface area contributed by atoms with Gasteiger partial charge >= 0.3 is 0 Å². The van der Waals surface area contributed by atoms with Gasteiger partial charge in [0.15, 0.2) is 11.6 Å². The van der Waals surface area contributed by atoms with Crippen molar-refractivity contribution < 1.29 is 13.2 Å². The van der Waals surface area contributed by atoms with Gasteiger partial charge in [-0.1, -0.05) is 0 Å². The van der Waals surface area contributed by atoms with Crippen LogP contribution in [0.1, 0.15) is 5.56 Å². The molecular formula is C10H8F3N3. The highest BCUT2D eigenvalue weighted by Gasteiger charge is 2.15. The van der Waals surface area contributed by atoms with Crippen LogP contribution < -0.4 is 5.73 Å². The van der Waals surface area contributed by atoms with E-state index >= 15 is 0 Å². The molecule has 0 bridgehead atoms. The summed E-state index contributed by atoms with van der Waals surface area (Å²) in [5.41, 5.74) is 5.60. The van der Waals surface area contributed by atoms with E-state index in [1.165, 1.54) is 6.20 Å². The van der Waals surface area contributed by atoms with Crippen molar-refractivity contribution in [1.29, 1.82) is 0 Å². The molecule has 0 spiro atoms. The van der Waals surface area contributed by atoms with E-state index in [0.29, 0.717) is 17.7 Å². The van der Waals surface area contributed by atoms with Crippen LogP contribution in [0.3, 0.4) is 0 Å². The standard InChI is InChI=1S/C10H8F3N3/c1-5-4-16(15-10(5)14)9-7(12)2-6(11)3-8(9)13/h2-4H,1H3,(H2,14,15). The van der Waals surface area contributed by atoms with E-state index in [2.05, 4.69) is 5.10 Å². The fourth-order valence-corrected chi connectivity index (χ4v) is 1.34. The Labute approximate surface area is 89.3 Å². The number of aryl methyl sites for hydroxylation is 1. The van der Waals surface area contributed by atoms with Crippen LogP contribution in [-0.2, 0) is 0 Å². The maximum absolute atomic E-state index is 13.4. The number of hydrogen-bond acceptors (Lipinski definition) is 2. The maximum Gasteiger partial charge on any atom is 0.154 e. The van der Waals surface area contributed by atoms with Crippen molar-refractivity contribution in [3.63, 3.8) is 0 Å². The smallest absolute Gasteiger partial charge is 0.154 e. The van der Waals surface area contributed by atoms with E-state index in [-0.39, 0.29) is 5.82 Å². The third-order valence-electron chi connectivity index (χ3n) is 2.15. The Morgan fingerprint density at radius 1 is 1.19 bits per heavy atom. The second-order valence-corrected chi connectivity index (χ2v) is 3.36. The zero-order chi connectivity index (χ0) is 11.9. The first-order valence-corrected chi connectivity index (χ1v) is 4.45. The minimum Gasteiger partial charge on any atom is -0.382 e. The average molecular weight is 227 g/mol. The van der Waals surface area contributed by atoms with Gasteiger partial charge in [-0.2, -0.15) is 5.10 Å². The maximum atomic E-state index is 13.4. The van der Waals surface area contributed by atoms with Crippen molar-refractivity contribution in [3.05, 3.63) is 41.3 Å². The summed E-state index contributed by atoms with van der Waals surface area (Å²) in [5, 5.41) is 3.72. The number of benzene rings is 1. The summed E-state index contributed by atoms with van der Waals surface area (Å²) in [6.45, 7) is 1.65. The lowest BCUT2D eigenvalue weighted by Crippen LogP contribution is -2.03. The van der Waals surface area contributed by atoms with Crippen molar-refractivity contribution in [2.75, 3.05) is 5.73 Å². The molecule has 6 heteroatoms. The number of hydrogen-bond donors (Lipinski definition) is 1. The number of aromatic nitrogens is 2. The van der Waals surface area contributed by atoms with Crippen molar-refractivity contribution in [3.8, 4) is 5.69 Å². The molecule has 1 aromatic heterocycles. The first kappa shape index (κ1) is 10.5. The zero-order valence-corrected chi connectivity index (χ0v) is 8.34. The van der Waals surface area contributed by atoms with E-state index in [4.69, 9.17) is 5.73 Å². The van der Waals surface area contributed by atoms with Gasteiger partial charge in [-0.25, -0.2) is 17.9 Å². The van der Waals surface area contributed by atoms with Crippen molar-refractivity contribution in [2.45, 2.75) is 6.92 Å². The number of nitrogens with two attached hydrogens (primary N) is 1. The highest BCUT2D eigenvalue weighted by atomic mass is 19.1. The molecule has 0 fully saturated rings. The summed E-state index contributed by atoms with van der Waals surface area (Å²) in [6, 6.07) is 1.18. The minimum absolute atomic E-state index is 0.170. The molecule has 0 saturated carbocycles. The van der Waals surface area contributed by atoms with Gasteiger partial charge in [-0.3, -0.25) is 0 Å². The van der Waals surface area contributed by atoms with Crippen LogP contribution in [-0.4, -0.2) is 9.78 Å². The summed E-state index contributed by atoms with van der Waals surface area (Å²) >= 11 is 0. The van der Waals surface area contributed by atoms with Crippen LogP contribution in [0, 0.1) is 24.4 Å². The lowest BCUT2D eigenvalue weighted by molar-refractivity contribution is 0.528. The number of halogens is 3. The molecule has 3 nitrogen and oxygen atoms in total. The molecule has 1 heterocycles. The van der Waals surface area contributed by atoms with Gasteiger partial charge in [0.2, 0.25) is 0 Å². The fraction of sp³-hybridized carbons (Fsp3) is 0.100. The molecule has 16 heavy (non-hydrogen) atoms. The molecule has 2 aromatic rings. The quantitative estimate of drug-likeness (QED) is 0.811.